The van der Waals surface area contributed by atoms with E-state index in [2.05, 4.69) is 40.7 Å². The average molecular weight is 452 g/mol. The van der Waals surface area contributed by atoms with Gasteiger partial charge in [-0.15, -0.1) is 0 Å². The van der Waals surface area contributed by atoms with Crippen molar-refractivity contribution in [2.75, 3.05) is 0 Å². The first-order valence-electron chi connectivity index (χ1n) is 11.4. The number of halogens is 2. The van der Waals surface area contributed by atoms with Gasteiger partial charge in [0.05, 0.1) is 17.2 Å². The Morgan fingerprint density at radius 3 is 2.61 bits per heavy atom. The van der Waals surface area contributed by atoms with Crippen LogP contribution in [0.3, 0.4) is 0 Å². The molecule has 5 rings (SSSR count). The Morgan fingerprint density at radius 2 is 1.97 bits per heavy atom. The maximum Gasteiger partial charge on any atom is 0.341 e. The van der Waals surface area contributed by atoms with E-state index in [1.54, 1.807) is 19.2 Å². The van der Waals surface area contributed by atoms with Crippen LogP contribution in [0.1, 0.15) is 68.2 Å². The fourth-order valence-electron chi connectivity index (χ4n) is 5.39. The molecule has 2 aromatic carbocycles. The van der Waals surface area contributed by atoms with E-state index in [1.165, 1.54) is 6.07 Å². The molecule has 2 aromatic heterocycles. The average Bonchev–Trinajstić information content (AvgIpc) is 3.36. The fourth-order valence-corrected chi connectivity index (χ4v) is 5.39. The van der Waals surface area contributed by atoms with Crippen molar-refractivity contribution in [3.05, 3.63) is 59.2 Å². The van der Waals surface area contributed by atoms with E-state index in [9.17, 15) is 18.7 Å². The third kappa shape index (κ3) is 3.41. The number of H-pyrrole nitrogens is 1. The van der Waals surface area contributed by atoms with Crippen LogP contribution in [-0.2, 0) is 4.79 Å². The lowest BCUT2D eigenvalue weighted by Gasteiger charge is -2.32. The van der Waals surface area contributed by atoms with Gasteiger partial charge in [-0.25, -0.2) is 13.6 Å². The fraction of sp³-hybridized carbons (Fsp3) is 0.385. The quantitative estimate of drug-likeness (QED) is 0.371. The Labute approximate surface area is 190 Å². The van der Waals surface area contributed by atoms with Gasteiger partial charge < -0.3 is 9.67 Å². The minimum Gasteiger partial charge on any atom is -0.479 e. The number of carboxylic acid groups (broad SMARTS) is 1. The van der Waals surface area contributed by atoms with Crippen LogP contribution in [0.5, 0.6) is 0 Å². The summed E-state index contributed by atoms with van der Waals surface area (Å²) in [6.45, 7) is 6.00. The molecule has 0 atom stereocenters. The Morgan fingerprint density at radius 1 is 1.24 bits per heavy atom. The molecule has 2 heterocycles. The molecule has 0 aliphatic heterocycles. The van der Waals surface area contributed by atoms with E-state index in [-0.39, 0.29) is 30.5 Å². The molecule has 33 heavy (non-hydrogen) atoms. The van der Waals surface area contributed by atoms with E-state index >= 15 is 0 Å². The summed E-state index contributed by atoms with van der Waals surface area (Å²) in [5.74, 6) is -1.44. The molecule has 1 aliphatic carbocycles. The molecule has 172 valence electrons. The van der Waals surface area contributed by atoms with Gasteiger partial charge in [-0.1, -0.05) is 13.8 Å². The van der Waals surface area contributed by atoms with Crippen LogP contribution in [0, 0.1) is 12.7 Å². The van der Waals surface area contributed by atoms with Gasteiger partial charge in [-0.05, 0) is 85.9 Å². The van der Waals surface area contributed by atoms with Gasteiger partial charge in [-0.2, -0.15) is 5.10 Å². The number of aryl methyl sites for hydroxylation is 1. The highest BCUT2D eigenvalue weighted by Gasteiger charge is 2.43. The first-order valence-corrected chi connectivity index (χ1v) is 11.4. The van der Waals surface area contributed by atoms with Gasteiger partial charge in [0.15, 0.2) is 0 Å². The Bertz CT molecular complexity index is 1380. The van der Waals surface area contributed by atoms with Gasteiger partial charge in [0, 0.05) is 22.2 Å². The Hall–Kier alpha value is -3.22. The predicted octanol–water partition coefficient (Wildman–Crippen LogP) is 6.53. The lowest BCUT2D eigenvalue weighted by molar-refractivity contribution is -0.153. The second kappa shape index (κ2) is 7.68. The molecule has 1 saturated carbocycles. The maximum absolute atomic E-state index is 14.8. The first kappa shape index (κ1) is 21.6. The zero-order chi connectivity index (χ0) is 23.5. The standard InChI is InChI=1S/C26H27F2N3O2/c1-14(2)24-23(16-6-8-26(28,9-7-16)25(32)33)19-12-21-17(13-29-30-21)11-22(19)31(24)18-4-5-20(27)15(3)10-18/h4-5,10-14,16H,6-9H2,1-3H3,(H,29,30)(H,32,33). The van der Waals surface area contributed by atoms with Crippen molar-refractivity contribution >= 4 is 27.8 Å². The maximum atomic E-state index is 14.8. The minimum atomic E-state index is -2.16. The molecular formula is C26H27F2N3O2. The highest BCUT2D eigenvalue weighted by atomic mass is 19.1. The number of hydrogen-bond donors (Lipinski definition) is 2. The van der Waals surface area contributed by atoms with Crippen molar-refractivity contribution in [3.8, 4) is 5.69 Å². The summed E-state index contributed by atoms with van der Waals surface area (Å²) in [7, 11) is 0. The molecule has 4 aromatic rings. The zero-order valence-corrected chi connectivity index (χ0v) is 19.0. The van der Waals surface area contributed by atoms with Gasteiger partial charge in [0.1, 0.15) is 5.82 Å². The summed E-state index contributed by atoms with van der Waals surface area (Å²) >= 11 is 0. The van der Waals surface area contributed by atoms with Crippen molar-refractivity contribution in [3.63, 3.8) is 0 Å². The Balaban J connectivity index is 1.77. The highest BCUT2D eigenvalue weighted by molar-refractivity contribution is 5.99. The van der Waals surface area contributed by atoms with Crippen LogP contribution in [-0.4, -0.2) is 31.5 Å². The molecule has 2 N–H and O–H groups in total. The monoisotopic (exact) mass is 451 g/mol. The molecule has 0 radical (unpaired) electrons. The number of nitrogens with one attached hydrogen (secondary N) is 1. The van der Waals surface area contributed by atoms with Crippen LogP contribution >= 0.6 is 0 Å². The zero-order valence-electron chi connectivity index (χ0n) is 19.0. The van der Waals surface area contributed by atoms with Crippen molar-refractivity contribution in [1.29, 1.82) is 0 Å². The molecule has 5 nitrogen and oxygen atoms in total. The first-order chi connectivity index (χ1) is 15.7. The van der Waals surface area contributed by atoms with Crippen LogP contribution in [0.25, 0.3) is 27.5 Å². The Kier molecular flexibility index (Phi) is 5.03. The van der Waals surface area contributed by atoms with Crippen LogP contribution in [0.15, 0.2) is 36.5 Å². The lowest BCUT2D eigenvalue weighted by atomic mass is 9.75. The van der Waals surface area contributed by atoms with Crippen LogP contribution in [0.4, 0.5) is 8.78 Å². The van der Waals surface area contributed by atoms with E-state index in [0.717, 1.165) is 38.8 Å². The molecule has 1 fully saturated rings. The summed E-state index contributed by atoms with van der Waals surface area (Å²) < 4.78 is 31.1. The van der Waals surface area contributed by atoms with Gasteiger partial charge in [0.2, 0.25) is 5.67 Å². The molecule has 0 saturated heterocycles. The summed E-state index contributed by atoms with van der Waals surface area (Å²) in [4.78, 5) is 11.5. The number of hydrogen-bond acceptors (Lipinski definition) is 2. The van der Waals surface area contributed by atoms with Crippen LogP contribution in [0.2, 0.25) is 0 Å². The number of aliphatic carboxylic acids is 1. The number of carbonyl (C=O) groups is 1. The van der Waals surface area contributed by atoms with Crippen LogP contribution < -0.4 is 0 Å². The summed E-state index contributed by atoms with van der Waals surface area (Å²) in [5, 5.41) is 18.6. The SMILES string of the molecule is Cc1cc(-n2c(C(C)C)c(C3CCC(F)(C(=O)O)CC3)c3cc4[nH]ncc4cc32)ccc1F. The number of rotatable bonds is 4. The lowest BCUT2D eigenvalue weighted by Crippen LogP contribution is -2.37. The van der Waals surface area contributed by atoms with E-state index in [0.29, 0.717) is 18.4 Å². The molecule has 0 spiro atoms. The molecular weight excluding hydrogens is 424 g/mol. The highest BCUT2D eigenvalue weighted by Crippen LogP contribution is 2.47. The number of carboxylic acids is 1. The molecule has 0 unspecified atom stereocenters. The predicted molar refractivity (Wildman–Crippen MR) is 124 cm³/mol. The third-order valence-corrected chi connectivity index (χ3v) is 7.12. The largest absolute Gasteiger partial charge is 0.479 e. The van der Waals surface area contributed by atoms with E-state index < -0.39 is 11.6 Å². The smallest absolute Gasteiger partial charge is 0.341 e. The molecule has 7 heteroatoms. The van der Waals surface area contributed by atoms with Crippen molar-refractivity contribution in [2.45, 2.75) is 64.0 Å². The third-order valence-electron chi connectivity index (χ3n) is 7.12. The normalized spacial score (nSPS) is 21.3. The van der Waals surface area contributed by atoms with Gasteiger partial charge in [-0.3, -0.25) is 5.10 Å². The molecule has 0 bridgehead atoms. The summed E-state index contributed by atoms with van der Waals surface area (Å²) in [6.07, 6.45) is 2.70. The minimum absolute atomic E-state index is 0.000827. The number of aromatic amines is 1. The molecule has 1 aliphatic rings. The molecule has 0 amide bonds. The number of alkyl halides is 1. The summed E-state index contributed by atoms with van der Waals surface area (Å²) in [5.41, 5.74) is 3.41. The van der Waals surface area contributed by atoms with Crippen molar-refractivity contribution in [2.24, 2.45) is 0 Å². The second-order valence-corrected chi connectivity index (χ2v) is 9.59. The number of nitrogens with zero attached hydrogens (tertiary/aromatic N) is 2. The van der Waals surface area contributed by atoms with Crippen molar-refractivity contribution < 1.29 is 18.7 Å². The van der Waals surface area contributed by atoms with Gasteiger partial charge in [0.25, 0.3) is 0 Å². The second-order valence-electron chi connectivity index (χ2n) is 9.59. The van der Waals surface area contributed by atoms with Gasteiger partial charge >= 0.3 is 5.97 Å². The van der Waals surface area contributed by atoms with Crippen molar-refractivity contribution in [1.82, 2.24) is 14.8 Å². The summed E-state index contributed by atoms with van der Waals surface area (Å²) in [6, 6.07) is 9.29. The number of aromatic nitrogens is 3. The van der Waals surface area contributed by atoms with E-state index in [1.807, 2.05) is 6.07 Å². The van der Waals surface area contributed by atoms with E-state index in [4.69, 9.17) is 0 Å². The number of benzene rings is 2. The number of fused-ring (bicyclic) bond motifs is 2. The topological polar surface area (TPSA) is 70.9 Å².